The molecule has 3 N–H and O–H groups in total. The summed E-state index contributed by atoms with van der Waals surface area (Å²) in [7, 11) is 1.23. The van der Waals surface area contributed by atoms with E-state index in [4.69, 9.17) is 4.74 Å². The Balaban J connectivity index is 1.39. The number of carbonyl (C=O) groups excluding carboxylic acids is 4. The highest BCUT2D eigenvalue weighted by molar-refractivity contribution is 6.01. The van der Waals surface area contributed by atoms with Crippen LogP contribution in [0, 0.1) is 29.0 Å². The molecule has 0 unspecified atom stereocenters. The highest BCUT2D eigenvalue weighted by Gasteiger charge is 2.69. The van der Waals surface area contributed by atoms with Crippen LogP contribution in [0.1, 0.15) is 37.2 Å². The molecule has 35 heavy (non-hydrogen) atoms. The van der Waals surface area contributed by atoms with Crippen molar-refractivity contribution in [1.29, 1.82) is 0 Å². The number of amides is 3. The quantitative estimate of drug-likeness (QED) is 0.538. The second kappa shape index (κ2) is 8.35. The second-order valence-corrected chi connectivity index (χ2v) is 10.3. The fraction of sp³-hybridized carbons (Fsp3) is 0.520. The molecule has 3 aliphatic rings. The van der Waals surface area contributed by atoms with Crippen molar-refractivity contribution < 1.29 is 28.3 Å². The molecule has 1 saturated carbocycles. The van der Waals surface area contributed by atoms with Gasteiger partial charge in [0.25, 0.3) is 5.91 Å². The summed E-state index contributed by atoms with van der Waals surface area (Å²) in [6.45, 7) is 5.03. The number of benzene rings is 1. The van der Waals surface area contributed by atoms with E-state index in [9.17, 15) is 23.6 Å². The van der Waals surface area contributed by atoms with Gasteiger partial charge in [0.05, 0.1) is 12.6 Å². The molecule has 3 fully saturated rings. The van der Waals surface area contributed by atoms with E-state index < -0.39 is 41.6 Å². The topological polar surface area (TPSA) is 121 Å². The predicted octanol–water partition coefficient (Wildman–Crippen LogP) is 1.59. The molecular weight excluding hydrogens is 455 g/mol. The van der Waals surface area contributed by atoms with Crippen LogP contribution >= 0.6 is 0 Å². The van der Waals surface area contributed by atoms with Gasteiger partial charge in [0, 0.05) is 24.4 Å². The van der Waals surface area contributed by atoms with Gasteiger partial charge >= 0.3 is 5.97 Å². The van der Waals surface area contributed by atoms with E-state index in [0.717, 1.165) is 0 Å². The maximum atomic E-state index is 14.2. The Hall–Kier alpha value is -3.43. The standard InChI is InChI=1S/C25H29FN4O5/c1-25(2)14-11-30(23(33)16-9-12-5-4-6-15(26)19(12)28-16)20(18(14)25)22(32)29-17(24(34)35-3)10-13-7-8-27-21(13)31/h4-6,9,13-14,17-18,20,28H,7-8,10-11H2,1-3H3,(H,27,31)(H,29,32)/t13-,14-,17-,18-,20-/m0/s1. The number of aromatic nitrogens is 1. The molecule has 1 aromatic heterocycles. The van der Waals surface area contributed by atoms with E-state index in [1.165, 1.54) is 18.1 Å². The number of fused-ring (bicyclic) bond motifs is 2. The Morgan fingerprint density at radius 3 is 2.74 bits per heavy atom. The maximum Gasteiger partial charge on any atom is 0.328 e. The molecule has 2 saturated heterocycles. The summed E-state index contributed by atoms with van der Waals surface area (Å²) in [5, 5.41) is 6.07. The van der Waals surface area contributed by atoms with E-state index in [1.54, 1.807) is 18.2 Å². The number of nitrogens with one attached hydrogen (secondary N) is 3. The third-order valence-electron chi connectivity index (χ3n) is 8.06. The van der Waals surface area contributed by atoms with Crippen molar-refractivity contribution in [2.45, 2.75) is 38.8 Å². The van der Waals surface area contributed by atoms with Crippen LogP contribution in [0.3, 0.4) is 0 Å². The summed E-state index contributed by atoms with van der Waals surface area (Å²) in [6.07, 6.45) is 0.703. The van der Waals surface area contributed by atoms with Crippen molar-refractivity contribution in [1.82, 2.24) is 20.5 Å². The van der Waals surface area contributed by atoms with Gasteiger partial charge in [0.15, 0.2) is 0 Å². The molecule has 9 nitrogen and oxygen atoms in total. The number of hydrogen-bond acceptors (Lipinski definition) is 5. The summed E-state index contributed by atoms with van der Waals surface area (Å²) in [5.41, 5.74) is 0.313. The van der Waals surface area contributed by atoms with Gasteiger partial charge in [0.2, 0.25) is 11.8 Å². The van der Waals surface area contributed by atoms with E-state index >= 15 is 0 Å². The molecular formula is C25H29FN4O5. The van der Waals surface area contributed by atoms with Crippen LogP contribution in [0.2, 0.25) is 0 Å². The zero-order valence-electron chi connectivity index (χ0n) is 19.9. The Morgan fingerprint density at radius 1 is 1.31 bits per heavy atom. The lowest BCUT2D eigenvalue weighted by Gasteiger charge is -2.31. The SMILES string of the molecule is COC(=O)[C@H](C[C@@H]1CCNC1=O)NC(=O)[C@@H]1[C@@H]2[C@H](CN1C(=O)c1cc3cccc(F)c3[nH]1)C2(C)C. The smallest absolute Gasteiger partial charge is 0.328 e. The van der Waals surface area contributed by atoms with Crippen LogP contribution in [0.5, 0.6) is 0 Å². The Labute approximate surface area is 201 Å². The largest absolute Gasteiger partial charge is 0.467 e. The molecule has 3 heterocycles. The summed E-state index contributed by atoms with van der Waals surface area (Å²) >= 11 is 0. The third-order valence-corrected chi connectivity index (χ3v) is 8.06. The number of esters is 1. The fourth-order valence-corrected chi connectivity index (χ4v) is 5.95. The van der Waals surface area contributed by atoms with Gasteiger partial charge in [-0.15, -0.1) is 0 Å². The number of methoxy groups -OCH3 is 1. The normalized spacial score (nSPS) is 27.3. The second-order valence-electron chi connectivity index (χ2n) is 10.3. The summed E-state index contributed by atoms with van der Waals surface area (Å²) in [6, 6.07) is 4.39. The molecule has 2 aliphatic heterocycles. The molecule has 186 valence electrons. The Kier molecular flexibility index (Phi) is 5.56. The lowest BCUT2D eigenvalue weighted by atomic mass is 9.96. The van der Waals surface area contributed by atoms with Gasteiger partial charge in [-0.2, -0.15) is 0 Å². The van der Waals surface area contributed by atoms with Gasteiger partial charge in [0.1, 0.15) is 23.6 Å². The first-order valence-electron chi connectivity index (χ1n) is 11.9. The van der Waals surface area contributed by atoms with Crippen molar-refractivity contribution in [2.75, 3.05) is 20.2 Å². The molecule has 0 radical (unpaired) electrons. The van der Waals surface area contributed by atoms with Crippen molar-refractivity contribution in [3.05, 3.63) is 35.8 Å². The van der Waals surface area contributed by atoms with Gasteiger partial charge in [-0.05, 0) is 42.2 Å². The van der Waals surface area contributed by atoms with Crippen molar-refractivity contribution in [3.63, 3.8) is 0 Å². The highest BCUT2D eigenvalue weighted by Crippen LogP contribution is 2.65. The monoisotopic (exact) mass is 484 g/mol. The Morgan fingerprint density at radius 2 is 2.09 bits per heavy atom. The number of hydrogen-bond donors (Lipinski definition) is 3. The third kappa shape index (κ3) is 3.84. The zero-order valence-corrected chi connectivity index (χ0v) is 19.9. The average Bonchev–Trinajstić information content (AvgIpc) is 3.34. The number of ether oxygens (including phenoxy) is 1. The number of para-hydroxylation sites is 1. The van der Waals surface area contributed by atoms with Crippen LogP contribution in [0.4, 0.5) is 4.39 Å². The van der Waals surface area contributed by atoms with E-state index in [0.29, 0.717) is 24.9 Å². The van der Waals surface area contributed by atoms with Crippen LogP contribution in [0.15, 0.2) is 24.3 Å². The summed E-state index contributed by atoms with van der Waals surface area (Å²) < 4.78 is 19.1. The first kappa shape index (κ1) is 23.3. The summed E-state index contributed by atoms with van der Waals surface area (Å²) in [4.78, 5) is 55.9. The van der Waals surface area contributed by atoms with Crippen molar-refractivity contribution >= 4 is 34.6 Å². The number of aromatic amines is 1. The van der Waals surface area contributed by atoms with E-state index in [2.05, 4.69) is 29.5 Å². The molecule has 5 atom stereocenters. The van der Waals surface area contributed by atoms with Crippen LogP contribution < -0.4 is 10.6 Å². The molecule has 5 rings (SSSR count). The zero-order chi connectivity index (χ0) is 25.1. The number of likely N-dealkylation sites (tertiary alicyclic amines) is 1. The lowest BCUT2D eigenvalue weighted by Crippen LogP contribution is -2.54. The van der Waals surface area contributed by atoms with Gasteiger partial charge in [-0.1, -0.05) is 26.0 Å². The number of piperidine rings is 1. The lowest BCUT2D eigenvalue weighted by molar-refractivity contribution is -0.146. The molecule has 1 aliphatic carbocycles. The van der Waals surface area contributed by atoms with Gasteiger partial charge < -0.3 is 25.3 Å². The van der Waals surface area contributed by atoms with Crippen LogP contribution in [-0.4, -0.2) is 65.9 Å². The number of H-pyrrole nitrogens is 1. The average molecular weight is 485 g/mol. The minimum Gasteiger partial charge on any atom is -0.467 e. The maximum absolute atomic E-state index is 14.2. The minimum atomic E-state index is -0.999. The molecule has 1 aromatic carbocycles. The first-order chi connectivity index (χ1) is 16.6. The molecule has 0 spiro atoms. The molecule has 10 heteroatoms. The van der Waals surface area contributed by atoms with Crippen molar-refractivity contribution in [3.8, 4) is 0 Å². The number of rotatable bonds is 6. The number of nitrogens with zero attached hydrogens (tertiary/aromatic N) is 1. The number of carbonyl (C=O) groups is 4. The fourth-order valence-electron chi connectivity index (χ4n) is 5.95. The Bertz CT molecular complexity index is 1220. The molecule has 2 aromatic rings. The summed E-state index contributed by atoms with van der Waals surface area (Å²) in [5.74, 6) is -2.42. The van der Waals surface area contributed by atoms with Gasteiger partial charge in [-0.25, -0.2) is 9.18 Å². The first-order valence-corrected chi connectivity index (χ1v) is 11.9. The number of halogens is 1. The van der Waals surface area contributed by atoms with E-state index in [1.807, 2.05) is 0 Å². The van der Waals surface area contributed by atoms with Crippen LogP contribution in [-0.2, 0) is 19.1 Å². The van der Waals surface area contributed by atoms with E-state index in [-0.39, 0.29) is 40.8 Å². The highest BCUT2D eigenvalue weighted by atomic mass is 19.1. The van der Waals surface area contributed by atoms with Gasteiger partial charge in [-0.3, -0.25) is 14.4 Å². The molecule has 0 bridgehead atoms. The molecule has 3 amide bonds. The van der Waals surface area contributed by atoms with Crippen LogP contribution in [0.25, 0.3) is 10.9 Å². The van der Waals surface area contributed by atoms with Crippen molar-refractivity contribution in [2.24, 2.45) is 23.2 Å². The minimum absolute atomic E-state index is 0.0689. The predicted molar refractivity (Wildman–Crippen MR) is 124 cm³/mol.